The topological polar surface area (TPSA) is 49.4 Å². The Morgan fingerprint density at radius 3 is 2.22 bits per heavy atom. The summed E-state index contributed by atoms with van der Waals surface area (Å²) in [5.41, 5.74) is 2.15. The number of amides is 2. The van der Waals surface area contributed by atoms with E-state index in [1.54, 1.807) is 0 Å². The van der Waals surface area contributed by atoms with Gasteiger partial charge in [0, 0.05) is 24.3 Å². The lowest BCUT2D eigenvalue weighted by molar-refractivity contribution is -0.137. The number of nitrogens with one attached hydrogen (secondary N) is 1. The molecule has 2 amide bonds. The Morgan fingerprint density at radius 2 is 1.67 bits per heavy atom. The molecule has 1 unspecified atom stereocenters. The van der Waals surface area contributed by atoms with Gasteiger partial charge in [0.25, 0.3) is 0 Å². The van der Waals surface area contributed by atoms with Crippen LogP contribution < -0.4 is 10.2 Å². The van der Waals surface area contributed by atoms with Crippen LogP contribution in [0, 0.1) is 19.8 Å². The third-order valence-electron chi connectivity index (χ3n) is 4.73. The lowest BCUT2D eigenvalue weighted by Crippen LogP contribution is -2.28. The van der Waals surface area contributed by atoms with Crippen molar-refractivity contribution >= 4 is 23.2 Å². The largest absolute Gasteiger partial charge is 0.416 e. The summed E-state index contributed by atoms with van der Waals surface area (Å²) in [6.07, 6.45) is -4.40. The van der Waals surface area contributed by atoms with Crippen LogP contribution in [-0.4, -0.2) is 18.4 Å². The van der Waals surface area contributed by atoms with Gasteiger partial charge in [-0.15, -0.1) is 0 Å². The summed E-state index contributed by atoms with van der Waals surface area (Å²) in [4.78, 5) is 26.2. The molecule has 1 aliphatic heterocycles. The first-order chi connectivity index (χ1) is 12.7. The van der Waals surface area contributed by atoms with E-state index in [9.17, 15) is 22.8 Å². The highest BCUT2D eigenvalue weighted by Gasteiger charge is 2.36. The molecule has 1 heterocycles. The molecule has 2 aromatic carbocycles. The Bertz CT molecular complexity index is 856. The number of para-hydroxylation sites is 1. The summed E-state index contributed by atoms with van der Waals surface area (Å²) in [6, 6.07) is 10.1. The van der Waals surface area contributed by atoms with E-state index >= 15 is 0 Å². The van der Waals surface area contributed by atoms with E-state index < -0.39 is 17.7 Å². The molecule has 0 bridgehead atoms. The van der Waals surface area contributed by atoms with Crippen LogP contribution in [-0.2, 0) is 15.8 Å². The smallest absolute Gasteiger partial charge is 0.325 e. The molecule has 1 N–H and O–H groups in total. The molecule has 3 rings (SSSR count). The number of nitrogens with zero attached hydrogens (tertiary/aromatic N) is 1. The summed E-state index contributed by atoms with van der Waals surface area (Å²) in [5, 5.41) is 2.88. The van der Waals surface area contributed by atoms with Crippen molar-refractivity contribution in [3.05, 3.63) is 59.2 Å². The first-order valence-electron chi connectivity index (χ1n) is 8.51. The van der Waals surface area contributed by atoms with Gasteiger partial charge in [0.05, 0.1) is 11.5 Å². The van der Waals surface area contributed by atoms with Crippen molar-refractivity contribution in [1.29, 1.82) is 0 Å². The van der Waals surface area contributed by atoms with E-state index in [4.69, 9.17) is 0 Å². The second-order valence-corrected chi connectivity index (χ2v) is 6.71. The average Bonchev–Trinajstić information content (AvgIpc) is 2.99. The molecule has 0 saturated carbocycles. The number of benzene rings is 2. The molecule has 1 fully saturated rings. The van der Waals surface area contributed by atoms with E-state index in [1.165, 1.54) is 17.0 Å². The van der Waals surface area contributed by atoms with Gasteiger partial charge in [-0.2, -0.15) is 13.2 Å². The summed E-state index contributed by atoms with van der Waals surface area (Å²) >= 11 is 0. The molecule has 1 atom stereocenters. The Hall–Kier alpha value is -2.83. The van der Waals surface area contributed by atoms with Crippen LogP contribution in [0.25, 0.3) is 0 Å². The molecule has 4 nitrogen and oxygen atoms in total. The number of alkyl halides is 3. The van der Waals surface area contributed by atoms with Gasteiger partial charge in [0.1, 0.15) is 0 Å². The number of halogens is 3. The Morgan fingerprint density at radius 1 is 1.07 bits per heavy atom. The molecule has 0 aliphatic carbocycles. The van der Waals surface area contributed by atoms with E-state index in [-0.39, 0.29) is 24.8 Å². The molecule has 0 spiro atoms. The number of anilines is 2. The molecule has 142 valence electrons. The molecule has 0 aromatic heterocycles. The van der Waals surface area contributed by atoms with Gasteiger partial charge in [0.2, 0.25) is 11.8 Å². The van der Waals surface area contributed by atoms with Crippen molar-refractivity contribution in [2.45, 2.75) is 26.4 Å². The molecular formula is C20H19F3N2O2. The van der Waals surface area contributed by atoms with E-state index in [0.29, 0.717) is 5.69 Å². The van der Waals surface area contributed by atoms with Gasteiger partial charge in [-0.25, -0.2) is 0 Å². The van der Waals surface area contributed by atoms with E-state index in [0.717, 1.165) is 28.9 Å². The fourth-order valence-corrected chi connectivity index (χ4v) is 3.20. The molecule has 27 heavy (non-hydrogen) atoms. The SMILES string of the molecule is Cc1cccc(C)c1NC(=O)C1CC(=O)N(c2ccc(C(F)(F)F)cc2)C1. The zero-order valence-corrected chi connectivity index (χ0v) is 14.9. The standard InChI is InChI=1S/C20H19F3N2O2/c1-12-4-3-5-13(2)18(12)24-19(27)14-10-17(26)25(11-14)16-8-6-15(7-9-16)20(21,22)23/h3-9,14H,10-11H2,1-2H3,(H,24,27). The van der Waals surface area contributed by atoms with Gasteiger partial charge in [0.15, 0.2) is 0 Å². The van der Waals surface area contributed by atoms with Crippen LogP contribution in [0.15, 0.2) is 42.5 Å². The summed E-state index contributed by atoms with van der Waals surface area (Å²) in [7, 11) is 0. The number of carbonyl (C=O) groups is 2. The highest BCUT2D eigenvalue weighted by atomic mass is 19.4. The van der Waals surface area contributed by atoms with Crippen molar-refractivity contribution in [2.75, 3.05) is 16.8 Å². The van der Waals surface area contributed by atoms with Crippen molar-refractivity contribution < 1.29 is 22.8 Å². The number of rotatable bonds is 3. The molecule has 2 aromatic rings. The Labute approximate surface area is 155 Å². The fourth-order valence-electron chi connectivity index (χ4n) is 3.20. The number of carbonyl (C=O) groups excluding carboxylic acids is 2. The van der Waals surface area contributed by atoms with Gasteiger partial charge >= 0.3 is 6.18 Å². The highest BCUT2D eigenvalue weighted by Crippen LogP contribution is 2.32. The van der Waals surface area contributed by atoms with Crippen LogP contribution in [0.3, 0.4) is 0 Å². The van der Waals surface area contributed by atoms with E-state index in [2.05, 4.69) is 5.32 Å². The minimum Gasteiger partial charge on any atom is -0.325 e. The third kappa shape index (κ3) is 3.97. The minimum atomic E-state index is -4.43. The number of hydrogen-bond donors (Lipinski definition) is 1. The quantitative estimate of drug-likeness (QED) is 0.868. The maximum atomic E-state index is 12.7. The molecule has 1 saturated heterocycles. The number of hydrogen-bond acceptors (Lipinski definition) is 2. The second-order valence-electron chi connectivity index (χ2n) is 6.71. The van der Waals surface area contributed by atoms with Crippen LogP contribution >= 0.6 is 0 Å². The van der Waals surface area contributed by atoms with Crippen LogP contribution in [0.2, 0.25) is 0 Å². The molecule has 7 heteroatoms. The monoisotopic (exact) mass is 376 g/mol. The minimum absolute atomic E-state index is 0.0256. The maximum Gasteiger partial charge on any atom is 0.416 e. The third-order valence-corrected chi connectivity index (χ3v) is 4.73. The molecule has 1 aliphatic rings. The van der Waals surface area contributed by atoms with Crippen molar-refractivity contribution in [3.8, 4) is 0 Å². The van der Waals surface area contributed by atoms with Gasteiger partial charge in [-0.1, -0.05) is 18.2 Å². The maximum absolute atomic E-state index is 12.7. The summed E-state index contributed by atoms with van der Waals surface area (Å²) in [6.45, 7) is 3.91. The first-order valence-corrected chi connectivity index (χ1v) is 8.51. The molecular weight excluding hydrogens is 357 g/mol. The predicted molar refractivity (Wildman–Crippen MR) is 96.4 cm³/mol. The van der Waals surface area contributed by atoms with Crippen molar-refractivity contribution in [2.24, 2.45) is 5.92 Å². The van der Waals surface area contributed by atoms with E-state index in [1.807, 2.05) is 32.0 Å². The second kappa shape index (κ2) is 7.06. The Kier molecular flexibility index (Phi) is 4.95. The zero-order valence-electron chi connectivity index (χ0n) is 14.9. The van der Waals surface area contributed by atoms with Gasteiger partial charge < -0.3 is 10.2 Å². The average molecular weight is 376 g/mol. The normalized spacial score (nSPS) is 17.3. The lowest BCUT2D eigenvalue weighted by atomic mass is 10.1. The van der Waals surface area contributed by atoms with Gasteiger partial charge in [-0.3, -0.25) is 9.59 Å². The predicted octanol–water partition coefficient (Wildman–Crippen LogP) is 4.31. The zero-order chi connectivity index (χ0) is 19.8. The van der Waals surface area contributed by atoms with Crippen molar-refractivity contribution in [3.63, 3.8) is 0 Å². The van der Waals surface area contributed by atoms with Crippen molar-refractivity contribution in [1.82, 2.24) is 0 Å². The lowest BCUT2D eigenvalue weighted by Gasteiger charge is -2.18. The van der Waals surface area contributed by atoms with Crippen LogP contribution in [0.5, 0.6) is 0 Å². The fraction of sp³-hybridized carbons (Fsp3) is 0.300. The van der Waals surface area contributed by atoms with Gasteiger partial charge in [-0.05, 0) is 49.2 Å². The summed E-state index contributed by atoms with van der Waals surface area (Å²) < 4.78 is 38.0. The van der Waals surface area contributed by atoms with Crippen LogP contribution in [0.1, 0.15) is 23.1 Å². The Balaban J connectivity index is 1.72. The molecule has 0 radical (unpaired) electrons. The van der Waals surface area contributed by atoms with Crippen LogP contribution in [0.4, 0.5) is 24.5 Å². The number of aryl methyl sites for hydroxylation is 2. The summed E-state index contributed by atoms with van der Waals surface area (Å²) in [5.74, 6) is -1.11. The highest BCUT2D eigenvalue weighted by molar-refractivity contribution is 6.03. The first kappa shape index (κ1) is 18.9.